The van der Waals surface area contributed by atoms with E-state index in [1.165, 1.54) is 18.4 Å². The summed E-state index contributed by atoms with van der Waals surface area (Å²) in [7, 11) is 0. The minimum atomic E-state index is 0.00263. The maximum Gasteiger partial charge on any atom is 0.315 e. The maximum atomic E-state index is 12.2. The van der Waals surface area contributed by atoms with E-state index in [1.54, 1.807) is 0 Å². The molecule has 1 saturated carbocycles. The lowest BCUT2D eigenvalue weighted by Crippen LogP contribution is -2.49. The maximum absolute atomic E-state index is 12.2. The van der Waals surface area contributed by atoms with Crippen LogP contribution in [0.25, 0.3) is 0 Å². The first-order valence-corrected chi connectivity index (χ1v) is 11.6. The lowest BCUT2D eigenvalue weighted by atomic mass is 10.0. The number of urea groups is 1. The Morgan fingerprint density at radius 1 is 1.03 bits per heavy atom. The third kappa shape index (κ3) is 4.91. The molecule has 0 radical (unpaired) electrons. The zero-order chi connectivity index (χ0) is 21.0. The van der Waals surface area contributed by atoms with Gasteiger partial charge in [-0.25, -0.2) is 9.48 Å². The molecule has 2 amide bonds. The summed E-state index contributed by atoms with van der Waals surface area (Å²) in [4.78, 5) is 14.6. The van der Waals surface area contributed by atoms with Gasteiger partial charge in [0.1, 0.15) is 11.8 Å². The number of aromatic nitrogens is 3. The Morgan fingerprint density at radius 2 is 1.74 bits per heavy atom. The number of fused-ring (bicyclic) bond motifs is 1. The molecule has 5 rings (SSSR count). The summed E-state index contributed by atoms with van der Waals surface area (Å²) in [5, 5.41) is 15.1. The Bertz CT molecular complexity index is 871. The van der Waals surface area contributed by atoms with Crippen molar-refractivity contribution in [3.8, 4) is 0 Å². The van der Waals surface area contributed by atoms with Crippen LogP contribution in [0.4, 0.5) is 4.79 Å². The molecule has 2 aliphatic heterocycles. The molecule has 1 aromatic carbocycles. The monoisotopic (exact) mass is 424 g/mol. The number of hydrogen-bond acceptors (Lipinski definition) is 5. The summed E-state index contributed by atoms with van der Waals surface area (Å²) in [6, 6.07) is 10.9. The van der Waals surface area contributed by atoms with Crippen LogP contribution in [0.3, 0.4) is 0 Å². The summed E-state index contributed by atoms with van der Waals surface area (Å²) in [5.41, 5.74) is 3.28. The first-order chi connectivity index (χ1) is 15.2. The van der Waals surface area contributed by atoms with E-state index in [4.69, 9.17) is 4.74 Å². The van der Waals surface area contributed by atoms with E-state index < -0.39 is 0 Å². The number of amides is 2. The van der Waals surface area contributed by atoms with Gasteiger partial charge in [-0.15, -0.1) is 5.10 Å². The number of carbonyl (C=O) groups excluding carboxylic acids is 1. The number of piperidine rings is 1. The molecule has 31 heavy (non-hydrogen) atoms. The van der Waals surface area contributed by atoms with Gasteiger partial charge >= 0.3 is 6.03 Å². The number of nitrogens with one attached hydrogen (secondary N) is 2. The van der Waals surface area contributed by atoms with Crippen molar-refractivity contribution in [1.82, 2.24) is 30.5 Å². The lowest BCUT2D eigenvalue weighted by Gasteiger charge is -2.32. The van der Waals surface area contributed by atoms with E-state index in [-0.39, 0.29) is 18.2 Å². The van der Waals surface area contributed by atoms with Crippen molar-refractivity contribution >= 4 is 6.03 Å². The minimum absolute atomic E-state index is 0.00263. The molecular formula is C23H32N6O2. The summed E-state index contributed by atoms with van der Waals surface area (Å²) >= 11 is 0. The normalized spacial score (nSPS) is 22.9. The zero-order valence-corrected chi connectivity index (χ0v) is 18.0. The van der Waals surface area contributed by atoms with Crippen molar-refractivity contribution < 1.29 is 9.53 Å². The smallest absolute Gasteiger partial charge is 0.315 e. The van der Waals surface area contributed by atoms with Gasteiger partial charge in [-0.05, 0) is 31.2 Å². The molecule has 3 aliphatic rings. The fourth-order valence-corrected chi connectivity index (χ4v) is 4.98. The number of carbonyl (C=O) groups is 1. The van der Waals surface area contributed by atoms with Gasteiger partial charge in [0.15, 0.2) is 0 Å². The van der Waals surface area contributed by atoms with Gasteiger partial charge in [-0.2, -0.15) is 0 Å². The predicted octanol–water partition coefficient (Wildman–Crippen LogP) is 2.76. The average Bonchev–Trinajstić information content (AvgIpc) is 3.45. The van der Waals surface area contributed by atoms with E-state index in [2.05, 4.69) is 38.0 Å². The average molecular weight is 425 g/mol. The van der Waals surface area contributed by atoms with Crippen molar-refractivity contribution in [1.29, 1.82) is 0 Å². The highest BCUT2D eigenvalue weighted by Crippen LogP contribution is 2.27. The molecule has 0 bridgehead atoms. The second kappa shape index (κ2) is 9.36. The van der Waals surface area contributed by atoms with Crippen molar-refractivity contribution in [3.63, 3.8) is 0 Å². The molecule has 166 valence electrons. The Balaban J connectivity index is 1.10. The van der Waals surface area contributed by atoms with Gasteiger partial charge in [0.25, 0.3) is 0 Å². The Labute approximate surface area is 183 Å². The highest BCUT2D eigenvalue weighted by Gasteiger charge is 2.27. The molecule has 8 nitrogen and oxygen atoms in total. The summed E-state index contributed by atoms with van der Waals surface area (Å²) in [6.07, 6.45) is 6.65. The van der Waals surface area contributed by atoms with Gasteiger partial charge in [0.05, 0.1) is 18.8 Å². The lowest BCUT2D eigenvalue weighted by molar-refractivity contribution is -0.00216. The van der Waals surface area contributed by atoms with E-state index >= 15 is 0 Å². The van der Waals surface area contributed by atoms with Crippen LogP contribution in [0.1, 0.15) is 61.6 Å². The van der Waals surface area contributed by atoms with Crippen molar-refractivity contribution in [3.05, 3.63) is 47.3 Å². The second-order valence-corrected chi connectivity index (χ2v) is 9.02. The molecule has 0 unspecified atom stereocenters. The Kier molecular flexibility index (Phi) is 6.18. The molecule has 1 saturated heterocycles. The first kappa shape index (κ1) is 20.5. The minimum Gasteiger partial charge on any atom is -0.365 e. The van der Waals surface area contributed by atoms with Crippen molar-refractivity contribution in [2.24, 2.45) is 0 Å². The molecule has 2 aromatic rings. The van der Waals surface area contributed by atoms with Crippen LogP contribution < -0.4 is 10.6 Å². The molecule has 1 aromatic heterocycles. The van der Waals surface area contributed by atoms with Crippen LogP contribution in [-0.2, 0) is 24.4 Å². The highest BCUT2D eigenvalue weighted by atomic mass is 16.5. The molecule has 1 atom stereocenters. The number of rotatable bonds is 5. The van der Waals surface area contributed by atoms with Crippen molar-refractivity contribution in [2.45, 2.75) is 76.4 Å². The quantitative estimate of drug-likeness (QED) is 0.771. The first-order valence-electron chi connectivity index (χ1n) is 11.6. The van der Waals surface area contributed by atoms with Crippen LogP contribution in [-0.4, -0.2) is 51.1 Å². The number of benzene rings is 1. The molecular weight excluding hydrogens is 392 g/mol. The number of likely N-dealkylation sites (tertiary alicyclic amines) is 1. The predicted molar refractivity (Wildman–Crippen MR) is 116 cm³/mol. The number of ether oxygens (including phenoxy) is 1. The van der Waals surface area contributed by atoms with Crippen LogP contribution in [0.15, 0.2) is 30.3 Å². The van der Waals surface area contributed by atoms with Crippen LogP contribution in [0.2, 0.25) is 0 Å². The topological polar surface area (TPSA) is 84.3 Å². The van der Waals surface area contributed by atoms with Crippen LogP contribution in [0.5, 0.6) is 0 Å². The van der Waals surface area contributed by atoms with Gasteiger partial charge in [-0.3, -0.25) is 4.90 Å². The summed E-state index contributed by atoms with van der Waals surface area (Å²) in [6.45, 7) is 3.94. The van der Waals surface area contributed by atoms with Gasteiger partial charge < -0.3 is 15.4 Å². The number of nitrogens with zero attached hydrogens (tertiary/aromatic N) is 4. The Hall–Kier alpha value is -2.45. The van der Waals surface area contributed by atoms with E-state index in [1.807, 2.05) is 22.9 Å². The molecule has 3 heterocycles. The number of hydrogen-bond donors (Lipinski definition) is 2. The molecule has 1 aliphatic carbocycles. The second-order valence-electron chi connectivity index (χ2n) is 9.02. The van der Waals surface area contributed by atoms with Crippen LogP contribution in [0, 0.1) is 0 Å². The van der Waals surface area contributed by atoms with E-state index in [0.717, 1.165) is 56.7 Å². The van der Waals surface area contributed by atoms with E-state index in [0.29, 0.717) is 19.2 Å². The fourth-order valence-electron chi connectivity index (χ4n) is 4.98. The largest absolute Gasteiger partial charge is 0.365 e. The van der Waals surface area contributed by atoms with Crippen LogP contribution >= 0.6 is 0 Å². The fraction of sp³-hybridized carbons (Fsp3) is 0.609. The molecule has 8 heteroatoms. The SMILES string of the molecule is O=C(NC1CCCC1)NC1CCN(Cc2nnn3c2CO[C@H](c2ccccc2)C3)CC1. The Morgan fingerprint density at radius 3 is 2.48 bits per heavy atom. The van der Waals surface area contributed by atoms with E-state index in [9.17, 15) is 4.79 Å². The highest BCUT2D eigenvalue weighted by molar-refractivity contribution is 5.74. The summed E-state index contributed by atoms with van der Waals surface area (Å²) < 4.78 is 8.12. The third-order valence-electron chi connectivity index (χ3n) is 6.84. The van der Waals surface area contributed by atoms with Crippen molar-refractivity contribution in [2.75, 3.05) is 13.1 Å². The molecule has 2 N–H and O–H groups in total. The standard InChI is InChI=1S/C23H32N6O2/c30-23(24-18-8-4-5-9-18)25-19-10-12-28(13-11-19)14-20-21-16-31-22(15-29(21)27-26-20)17-6-2-1-3-7-17/h1-3,6-7,18-19,22H,4-5,8-16H2,(H2,24,25,30)/t22-/m0/s1. The van der Waals surface area contributed by atoms with Gasteiger partial charge in [0.2, 0.25) is 0 Å². The molecule has 0 spiro atoms. The van der Waals surface area contributed by atoms with Gasteiger partial charge in [0, 0.05) is 31.7 Å². The summed E-state index contributed by atoms with van der Waals surface area (Å²) in [5.74, 6) is 0. The third-order valence-corrected chi connectivity index (χ3v) is 6.84. The zero-order valence-electron chi connectivity index (χ0n) is 18.0. The van der Waals surface area contributed by atoms with Gasteiger partial charge in [-0.1, -0.05) is 48.4 Å². The molecule has 2 fully saturated rings.